The first kappa shape index (κ1) is 13.4. The summed E-state index contributed by atoms with van der Waals surface area (Å²) in [6.07, 6.45) is 0.411. The van der Waals surface area contributed by atoms with Crippen molar-refractivity contribution in [3.05, 3.63) is 5.01 Å². The minimum atomic E-state index is -0.393. The van der Waals surface area contributed by atoms with Crippen LogP contribution in [0.2, 0.25) is 0 Å². The van der Waals surface area contributed by atoms with Gasteiger partial charge in [-0.3, -0.25) is 9.59 Å². The van der Waals surface area contributed by atoms with Crippen LogP contribution in [0, 0.1) is 6.92 Å². The van der Waals surface area contributed by atoms with Gasteiger partial charge in [-0.1, -0.05) is 11.3 Å². The molecule has 94 valence electrons. The second-order valence-corrected chi connectivity index (χ2v) is 4.68. The highest BCUT2D eigenvalue weighted by Crippen LogP contribution is 2.19. The van der Waals surface area contributed by atoms with Crippen LogP contribution >= 0.6 is 11.3 Å². The zero-order chi connectivity index (χ0) is 12.8. The number of aryl methyl sites for hydroxylation is 1. The van der Waals surface area contributed by atoms with Crippen molar-refractivity contribution in [2.45, 2.75) is 19.8 Å². The van der Waals surface area contributed by atoms with E-state index in [0.29, 0.717) is 18.2 Å². The normalized spacial score (nSPS) is 10.2. The van der Waals surface area contributed by atoms with E-state index in [4.69, 9.17) is 11.5 Å². The molecule has 1 aromatic rings. The van der Waals surface area contributed by atoms with Crippen LogP contribution in [0.3, 0.4) is 0 Å². The van der Waals surface area contributed by atoms with Crippen molar-refractivity contribution in [2.75, 3.05) is 18.0 Å². The lowest BCUT2D eigenvalue weighted by Crippen LogP contribution is -2.31. The zero-order valence-electron chi connectivity index (χ0n) is 9.55. The SMILES string of the molecule is Cc1nnc(N(CCC(N)=O)CCC(N)=O)s1. The Bertz CT molecular complexity index is 388. The fraction of sp³-hybridized carbons (Fsp3) is 0.556. The number of anilines is 1. The summed E-state index contributed by atoms with van der Waals surface area (Å²) in [5, 5.41) is 9.34. The summed E-state index contributed by atoms with van der Waals surface area (Å²) in [7, 11) is 0. The minimum absolute atomic E-state index is 0.206. The monoisotopic (exact) mass is 257 g/mol. The van der Waals surface area contributed by atoms with Gasteiger partial charge in [-0.15, -0.1) is 10.2 Å². The molecule has 4 N–H and O–H groups in total. The van der Waals surface area contributed by atoms with Crippen LogP contribution in [0.5, 0.6) is 0 Å². The quantitative estimate of drug-likeness (QED) is 0.677. The molecule has 1 rings (SSSR count). The van der Waals surface area contributed by atoms with Gasteiger partial charge in [0.2, 0.25) is 16.9 Å². The minimum Gasteiger partial charge on any atom is -0.370 e. The maximum Gasteiger partial charge on any atom is 0.219 e. The smallest absolute Gasteiger partial charge is 0.219 e. The Morgan fingerprint density at radius 2 is 1.71 bits per heavy atom. The van der Waals surface area contributed by atoms with E-state index in [9.17, 15) is 9.59 Å². The highest BCUT2D eigenvalue weighted by atomic mass is 32.1. The van der Waals surface area contributed by atoms with E-state index >= 15 is 0 Å². The third kappa shape index (κ3) is 4.77. The number of nitrogens with two attached hydrogens (primary N) is 2. The average molecular weight is 257 g/mol. The number of rotatable bonds is 7. The zero-order valence-corrected chi connectivity index (χ0v) is 10.4. The number of hydrogen-bond donors (Lipinski definition) is 2. The van der Waals surface area contributed by atoms with Gasteiger partial charge in [0.25, 0.3) is 0 Å². The van der Waals surface area contributed by atoms with Gasteiger partial charge in [-0.25, -0.2) is 0 Å². The van der Waals surface area contributed by atoms with Gasteiger partial charge in [0.1, 0.15) is 5.01 Å². The Hall–Kier alpha value is -1.70. The molecule has 0 aromatic carbocycles. The van der Waals surface area contributed by atoms with Gasteiger partial charge in [0, 0.05) is 25.9 Å². The number of nitrogens with zero attached hydrogens (tertiary/aromatic N) is 3. The Morgan fingerprint density at radius 3 is 2.06 bits per heavy atom. The Kier molecular flexibility index (Phi) is 4.83. The number of amides is 2. The van der Waals surface area contributed by atoms with Crippen LogP contribution in [0.15, 0.2) is 0 Å². The van der Waals surface area contributed by atoms with Crippen LogP contribution in [0.1, 0.15) is 17.8 Å². The van der Waals surface area contributed by atoms with Crippen LogP contribution in [0.25, 0.3) is 0 Å². The number of carbonyl (C=O) groups excluding carboxylic acids is 2. The number of primary amides is 2. The van der Waals surface area contributed by atoms with E-state index in [2.05, 4.69) is 10.2 Å². The van der Waals surface area contributed by atoms with E-state index in [-0.39, 0.29) is 12.8 Å². The Labute approximate surface area is 103 Å². The Balaban J connectivity index is 2.64. The van der Waals surface area contributed by atoms with E-state index in [1.54, 1.807) is 4.90 Å². The first-order valence-electron chi connectivity index (χ1n) is 5.10. The molecule has 0 spiro atoms. The lowest BCUT2D eigenvalue weighted by Gasteiger charge is -2.19. The molecule has 0 unspecified atom stereocenters. The molecule has 7 nitrogen and oxygen atoms in total. The second kappa shape index (κ2) is 6.14. The highest BCUT2D eigenvalue weighted by molar-refractivity contribution is 7.15. The third-order valence-corrected chi connectivity index (χ3v) is 2.94. The summed E-state index contributed by atoms with van der Waals surface area (Å²) < 4.78 is 0. The predicted octanol–water partition coefficient (Wildman–Crippen LogP) is -0.596. The van der Waals surface area contributed by atoms with Crippen molar-refractivity contribution in [1.82, 2.24) is 10.2 Å². The lowest BCUT2D eigenvalue weighted by atomic mass is 10.3. The van der Waals surface area contributed by atoms with Crippen molar-refractivity contribution in [1.29, 1.82) is 0 Å². The van der Waals surface area contributed by atoms with Crippen molar-refractivity contribution < 1.29 is 9.59 Å². The molecule has 0 atom stereocenters. The van der Waals surface area contributed by atoms with Crippen molar-refractivity contribution >= 4 is 28.3 Å². The van der Waals surface area contributed by atoms with Crippen LogP contribution < -0.4 is 16.4 Å². The average Bonchev–Trinajstić information content (AvgIpc) is 2.64. The summed E-state index contributed by atoms with van der Waals surface area (Å²) in [4.78, 5) is 23.3. The van der Waals surface area contributed by atoms with Gasteiger partial charge in [-0.2, -0.15) is 0 Å². The fourth-order valence-corrected chi connectivity index (χ4v) is 1.95. The summed E-state index contributed by atoms with van der Waals surface area (Å²) in [5.74, 6) is -0.786. The first-order valence-corrected chi connectivity index (χ1v) is 5.92. The summed E-state index contributed by atoms with van der Waals surface area (Å²) >= 11 is 1.40. The highest BCUT2D eigenvalue weighted by Gasteiger charge is 2.13. The molecule has 0 aliphatic heterocycles. The molecule has 1 heterocycles. The molecule has 8 heteroatoms. The van der Waals surface area contributed by atoms with E-state index in [0.717, 1.165) is 5.01 Å². The molecular weight excluding hydrogens is 242 g/mol. The largest absolute Gasteiger partial charge is 0.370 e. The molecule has 0 bridgehead atoms. The van der Waals surface area contributed by atoms with Gasteiger partial charge >= 0.3 is 0 Å². The van der Waals surface area contributed by atoms with Crippen molar-refractivity contribution in [2.24, 2.45) is 11.5 Å². The van der Waals surface area contributed by atoms with Crippen LogP contribution in [0.4, 0.5) is 5.13 Å². The summed E-state index contributed by atoms with van der Waals surface area (Å²) in [6.45, 7) is 2.66. The third-order valence-electron chi connectivity index (χ3n) is 2.04. The molecule has 17 heavy (non-hydrogen) atoms. The number of aromatic nitrogens is 2. The maximum atomic E-state index is 10.7. The standard InChI is InChI=1S/C9H15N5O2S/c1-6-12-13-9(17-6)14(4-2-7(10)15)5-3-8(11)16/h2-5H2,1H3,(H2,10,15)(H2,11,16). The molecule has 0 aliphatic carbocycles. The van der Waals surface area contributed by atoms with E-state index in [1.165, 1.54) is 11.3 Å². The molecule has 1 aromatic heterocycles. The van der Waals surface area contributed by atoms with Crippen molar-refractivity contribution in [3.63, 3.8) is 0 Å². The van der Waals surface area contributed by atoms with E-state index in [1.807, 2.05) is 6.92 Å². The van der Waals surface area contributed by atoms with Gasteiger partial charge in [0.15, 0.2) is 0 Å². The van der Waals surface area contributed by atoms with Gasteiger partial charge in [-0.05, 0) is 6.92 Å². The molecule has 0 radical (unpaired) electrons. The second-order valence-electron chi connectivity index (χ2n) is 3.52. The number of carbonyl (C=O) groups is 2. The van der Waals surface area contributed by atoms with Gasteiger partial charge < -0.3 is 16.4 Å². The topological polar surface area (TPSA) is 115 Å². The summed E-state index contributed by atoms with van der Waals surface area (Å²) in [5.41, 5.74) is 10.2. The fourth-order valence-electron chi connectivity index (χ4n) is 1.21. The molecule has 0 aliphatic rings. The van der Waals surface area contributed by atoms with Gasteiger partial charge in [0.05, 0.1) is 0 Å². The van der Waals surface area contributed by atoms with E-state index < -0.39 is 11.8 Å². The first-order chi connectivity index (χ1) is 7.99. The van der Waals surface area contributed by atoms with Crippen LogP contribution in [-0.2, 0) is 9.59 Å². The molecule has 0 fully saturated rings. The van der Waals surface area contributed by atoms with Crippen LogP contribution in [-0.4, -0.2) is 35.1 Å². The van der Waals surface area contributed by atoms with Crippen molar-refractivity contribution in [3.8, 4) is 0 Å². The molecule has 0 saturated heterocycles. The summed E-state index contributed by atoms with van der Waals surface area (Å²) in [6, 6.07) is 0. The molecule has 2 amide bonds. The molecule has 0 saturated carbocycles. The maximum absolute atomic E-state index is 10.7. The molecular formula is C9H15N5O2S. The predicted molar refractivity (Wildman–Crippen MR) is 64.5 cm³/mol. The lowest BCUT2D eigenvalue weighted by molar-refractivity contribution is -0.118. The Morgan fingerprint density at radius 1 is 1.18 bits per heavy atom. The number of hydrogen-bond acceptors (Lipinski definition) is 6.